The summed E-state index contributed by atoms with van der Waals surface area (Å²) in [6.45, 7) is 0. The fourth-order valence-electron chi connectivity index (χ4n) is 2.00. The second kappa shape index (κ2) is 6.74. The molecule has 2 rings (SSSR count). The number of rotatable bonds is 4. The molecule has 0 fully saturated rings. The Hall–Kier alpha value is -0.840. The van der Waals surface area contributed by atoms with Crippen molar-refractivity contribution in [3.63, 3.8) is 0 Å². The largest absolute Gasteiger partial charge is 0.481 e. The minimum Gasteiger partial charge on any atom is -0.481 e. The molecule has 0 saturated heterocycles. The van der Waals surface area contributed by atoms with Gasteiger partial charge < -0.3 is 5.11 Å². The quantitative estimate of drug-likeness (QED) is 0.734. The molecule has 0 heterocycles. The standard InChI is InChI=1S/C15H11Br2ClO2/c16-10-6-5-9(14(18)8-10)7-12(15(19)20)11-3-1-2-4-13(11)17/h1-6,8,12H,7H2,(H,19,20). The number of hydrogen-bond acceptors (Lipinski definition) is 1. The van der Waals surface area contributed by atoms with Crippen LogP contribution in [-0.2, 0) is 11.2 Å². The Morgan fingerprint density at radius 2 is 1.90 bits per heavy atom. The first-order chi connectivity index (χ1) is 9.49. The van der Waals surface area contributed by atoms with Crippen LogP contribution in [-0.4, -0.2) is 11.1 Å². The number of benzene rings is 2. The molecule has 0 aliphatic carbocycles. The van der Waals surface area contributed by atoms with E-state index in [1.165, 1.54) is 0 Å². The first-order valence-corrected chi connectivity index (χ1v) is 7.86. The molecule has 5 heteroatoms. The van der Waals surface area contributed by atoms with E-state index in [4.69, 9.17) is 11.6 Å². The summed E-state index contributed by atoms with van der Waals surface area (Å²) in [6, 6.07) is 12.8. The number of carboxylic acids is 1. The molecule has 0 aromatic heterocycles. The lowest BCUT2D eigenvalue weighted by Gasteiger charge is -2.15. The molecule has 0 bridgehead atoms. The number of carboxylic acid groups (broad SMARTS) is 1. The van der Waals surface area contributed by atoms with Crippen molar-refractivity contribution in [3.8, 4) is 0 Å². The first kappa shape index (κ1) is 15.5. The number of aliphatic carboxylic acids is 1. The molecule has 0 spiro atoms. The normalized spacial score (nSPS) is 12.2. The van der Waals surface area contributed by atoms with Crippen molar-refractivity contribution >= 4 is 49.4 Å². The summed E-state index contributed by atoms with van der Waals surface area (Å²) in [6.07, 6.45) is 0.351. The summed E-state index contributed by atoms with van der Waals surface area (Å²) in [4.78, 5) is 11.6. The van der Waals surface area contributed by atoms with Crippen LogP contribution in [0.2, 0.25) is 5.02 Å². The maximum atomic E-state index is 11.6. The van der Waals surface area contributed by atoms with Crippen molar-refractivity contribution < 1.29 is 9.90 Å². The van der Waals surface area contributed by atoms with Gasteiger partial charge in [-0.3, -0.25) is 4.79 Å². The molecule has 1 unspecified atom stereocenters. The van der Waals surface area contributed by atoms with Crippen LogP contribution in [0.1, 0.15) is 17.0 Å². The van der Waals surface area contributed by atoms with Gasteiger partial charge in [0.15, 0.2) is 0 Å². The third-order valence-electron chi connectivity index (χ3n) is 3.02. The molecule has 0 aliphatic heterocycles. The van der Waals surface area contributed by atoms with E-state index in [-0.39, 0.29) is 0 Å². The Morgan fingerprint density at radius 1 is 1.20 bits per heavy atom. The molecule has 2 aromatic rings. The SMILES string of the molecule is O=C(O)C(Cc1ccc(Br)cc1Cl)c1ccccc1Br. The fourth-order valence-corrected chi connectivity index (χ4v) is 3.31. The zero-order valence-electron chi connectivity index (χ0n) is 10.3. The van der Waals surface area contributed by atoms with Crippen molar-refractivity contribution in [1.82, 2.24) is 0 Å². The lowest BCUT2D eigenvalue weighted by Crippen LogP contribution is -2.15. The minimum absolute atomic E-state index is 0.351. The van der Waals surface area contributed by atoms with Gasteiger partial charge in [-0.15, -0.1) is 0 Å². The van der Waals surface area contributed by atoms with Crippen LogP contribution in [0.25, 0.3) is 0 Å². The summed E-state index contributed by atoms with van der Waals surface area (Å²) < 4.78 is 1.67. The zero-order chi connectivity index (χ0) is 14.7. The van der Waals surface area contributed by atoms with Gasteiger partial charge in [-0.2, -0.15) is 0 Å². The highest BCUT2D eigenvalue weighted by Gasteiger charge is 2.23. The lowest BCUT2D eigenvalue weighted by molar-refractivity contribution is -0.138. The third kappa shape index (κ3) is 3.62. The van der Waals surface area contributed by atoms with Gasteiger partial charge in [-0.25, -0.2) is 0 Å². The van der Waals surface area contributed by atoms with Gasteiger partial charge in [0.25, 0.3) is 0 Å². The highest BCUT2D eigenvalue weighted by Crippen LogP contribution is 2.31. The van der Waals surface area contributed by atoms with Gasteiger partial charge in [-0.05, 0) is 35.7 Å². The van der Waals surface area contributed by atoms with Crippen LogP contribution in [0.3, 0.4) is 0 Å². The smallest absolute Gasteiger partial charge is 0.311 e. The van der Waals surface area contributed by atoms with Gasteiger partial charge >= 0.3 is 5.97 Å². The van der Waals surface area contributed by atoms with Gasteiger partial charge in [0.05, 0.1) is 5.92 Å². The Kier molecular flexibility index (Phi) is 5.24. The minimum atomic E-state index is -0.865. The van der Waals surface area contributed by atoms with Crippen LogP contribution in [0, 0.1) is 0 Å². The monoisotopic (exact) mass is 416 g/mol. The molecular weight excluding hydrogens is 407 g/mol. The lowest BCUT2D eigenvalue weighted by atomic mass is 9.92. The molecule has 2 nitrogen and oxygen atoms in total. The molecule has 1 atom stereocenters. The van der Waals surface area contributed by atoms with E-state index in [9.17, 15) is 9.90 Å². The average molecular weight is 419 g/mol. The predicted molar refractivity (Wildman–Crippen MR) is 87.4 cm³/mol. The molecule has 1 N–H and O–H groups in total. The van der Waals surface area contributed by atoms with E-state index < -0.39 is 11.9 Å². The van der Waals surface area contributed by atoms with Gasteiger partial charge in [0.2, 0.25) is 0 Å². The van der Waals surface area contributed by atoms with Crippen molar-refractivity contribution in [2.75, 3.05) is 0 Å². The highest BCUT2D eigenvalue weighted by molar-refractivity contribution is 9.10. The average Bonchev–Trinajstić information content (AvgIpc) is 2.39. The van der Waals surface area contributed by atoms with E-state index in [2.05, 4.69) is 31.9 Å². The summed E-state index contributed by atoms with van der Waals surface area (Å²) >= 11 is 12.9. The topological polar surface area (TPSA) is 37.3 Å². The predicted octanol–water partition coefficient (Wildman–Crippen LogP) is 5.28. The van der Waals surface area contributed by atoms with Crippen LogP contribution in [0.4, 0.5) is 0 Å². The first-order valence-electron chi connectivity index (χ1n) is 5.90. The number of halogens is 3. The Bertz CT molecular complexity index is 644. The maximum Gasteiger partial charge on any atom is 0.311 e. The van der Waals surface area contributed by atoms with E-state index in [1.807, 2.05) is 36.4 Å². The highest BCUT2D eigenvalue weighted by atomic mass is 79.9. The van der Waals surface area contributed by atoms with Crippen molar-refractivity contribution in [2.24, 2.45) is 0 Å². The Balaban J connectivity index is 2.36. The molecule has 2 aromatic carbocycles. The second-order valence-corrected chi connectivity index (χ2v) is 6.53. The molecule has 104 valence electrons. The van der Waals surface area contributed by atoms with Crippen LogP contribution < -0.4 is 0 Å². The Morgan fingerprint density at radius 3 is 2.50 bits per heavy atom. The zero-order valence-corrected chi connectivity index (χ0v) is 14.2. The van der Waals surface area contributed by atoms with Crippen LogP contribution in [0.15, 0.2) is 51.4 Å². The number of hydrogen-bond donors (Lipinski definition) is 1. The molecule has 0 amide bonds. The van der Waals surface area contributed by atoms with Gasteiger partial charge in [-0.1, -0.05) is 67.7 Å². The van der Waals surface area contributed by atoms with E-state index in [1.54, 1.807) is 6.07 Å². The van der Waals surface area contributed by atoms with Gasteiger partial charge in [0, 0.05) is 14.0 Å². The maximum absolute atomic E-state index is 11.6. The number of carbonyl (C=O) groups is 1. The molecule has 0 aliphatic rings. The summed E-state index contributed by atoms with van der Waals surface area (Å²) in [5.74, 6) is -1.50. The van der Waals surface area contributed by atoms with Crippen LogP contribution in [0.5, 0.6) is 0 Å². The van der Waals surface area contributed by atoms with E-state index >= 15 is 0 Å². The van der Waals surface area contributed by atoms with Crippen molar-refractivity contribution in [3.05, 3.63) is 67.6 Å². The van der Waals surface area contributed by atoms with E-state index in [0.717, 1.165) is 20.1 Å². The van der Waals surface area contributed by atoms with Gasteiger partial charge in [0.1, 0.15) is 0 Å². The molecule has 0 radical (unpaired) electrons. The molecule has 20 heavy (non-hydrogen) atoms. The van der Waals surface area contributed by atoms with Crippen molar-refractivity contribution in [2.45, 2.75) is 12.3 Å². The van der Waals surface area contributed by atoms with E-state index in [0.29, 0.717) is 11.4 Å². The fraction of sp³-hybridized carbons (Fsp3) is 0.133. The Labute approximate surface area is 139 Å². The third-order valence-corrected chi connectivity index (χ3v) is 4.59. The molecular formula is C15H11Br2ClO2. The summed E-state index contributed by atoms with van der Waals surface area (Å²) in [5.41, 5.74) is 1.57. The summed E-state index contributed by atoms with van der Waals surface area (Å²) in [7, 11) is 0. The molecule has 0 saturated carbocycles. The second-order valence-electron chi connectivity index (χ2n) is 4.35. The van der Waals surface area contributed by atoms with Crippen LogP contribution >= 0.6 is 43.5 Å². The van der Waals surface area contributed by atoms with Crippen molar-refractivity contribution in [1.29, 1.82) is 0 Å². The summed E-state index contributed by atoms with van der Waals surface area (Å²) in [5, 5.41) is 10.1.